The van der Waals surface area contributed by atoms with Gasteiger partial charge in [-0.15, -0.1) is 0 Å². The zero-order valence-electron chi connectivity index (χ0n) is 13.4. The third-order valence-electron chi connectivity index (χ3n) is 4.32. The maximum absolute atomic E-state index is 12.3. The molecule has 1 amide bonds. The van der Waals surface area contributed by atoms with Crippen LogP contribution in [0.15, 0.2) is 55.0 Å². The average molecular weight is 318 g/mol. The van der Waals surface area contributed by atoms with E-state index in [4.69, 9.17) is 0 Å². The number of imidazole rings is 1. The Morgan fingerprint density at radius 1 is 1.21 bits per heavy atom. The Morgan fingerprint density at radius 2 is 2.08 bits per heavy atom. The number of carbonyl (C=O) groups is 1. The molecule has 2 aromatic heterocycles. The van der Waals surface area contributed by atoms with Crippen molar-refractivity contribution in [3.8, 4) is 0 Å². The van der Waals surface area contributed by atoms with Crippen molar-refractivity contribution in [2.24, 2.45) is 7.05 Å². The first-order valence-corrected chi connectivity index (χ1v) is 7.97. The van der Waals surface area contributed by atoms with Gasteiger partial charge in [0.25, 0.3) is 0 Å². The van der Waals surface area contributed by atoms with E-state index in [1.165, 1.54) is 16.5 Å². The molecule has 24 heavy (non-hydrogen) atoms. The summed E-state index contributed by atoms with van der Waals surface area (Å²) >= 11 is 0. The number of hydrogen-bond acceptors (Lipinski definition) is 2. The van der Waals surface area contributed by atoms with Gasteiger partial charge in [0.15, 0.2) is 0 Å². The molecule has 0 saturated heterocycles. The number of H-pyrrole nitrogens is 1. The molecular formula is C19H18N4O. The van der Waals surface area contributed by atoms with Crippen LogP contribution in [-0.2, 0) is 18.3 Å². The Balaban J connectivity index is 1.49. The highest BCUT2D eigenvalue weighted by Gasteiger charge is 2.10. The van der Waals surface area contributed by atoms with E-state index < -0.39 is 0 Å². The number of aromatic amines is 1. The van der Waals surface area contributed by atoms with Gasteiger partial charge in [0.1, 0.15) is 5.52 Å². The van der Waals surface area contributed by atoms with Crippen molar-refractivity contribution in [2.45, 2.75) is 12.8 Å². The summed E-state index contributed by atoms with van der Waals surface area (Å²) in [6.45, 7) is 0. The number of fused-ring (bicyclic) bond motifs is 2. The van der Waals surface area contributed by atoms with E-state index >= 15 is 0 Å². The topological polar surface area (TPSA) is 62.7 Å². The highest BCUT2D eigenvalue weighted by Crippen LogP contribution is 2.23. The van der Waals surface area contributed by atoms with Crippen LogP contribution in [-0.4, -0.2) is 20.4 Å². The molecule has 2 aromatic carbocycles. The summed E-state index contributed by atoms with van der Waals surface area (Å²) < 4.78 is 2.10. The maximum Gasteiger partial charge on any atom is 0.224 e. The second-order valence-electron chi connectivity index (χ2n) is 5.93. The van der Waals surface area contributed by atoms with Crippen molar-refractivity contribution in [3.63, 3.8) is 0 Å². The summed E-state index contributed by atoms with van der Waals surface area (Å²) in [6, 6.07) is 14.0. The highest BCUT2D eigenvalue weighted by atomic mass is 16.1. The summed E-state index contributed by atoms with van der Waals surface area (Å²) in [7, 11) is 2.03. The second kappa shape index (κ2) is 5.85. The fourth-order valence-corrected chi connectivity index (χ4v) is 3.15. The number of aryl methyl sites for hydroxylation is 2. The van der Waals surface area contributed by atoms with Gasteiger partial charge in [0.05, 0.1) is 17.5 Å². The second-order valence-corrected chi connectivity index (χ2v) is 5.93. The number of aromatic nitrogens is 3. The van der Waals surface area contributed by atoms with E-state index in [0.717, 1.165) is 16.7 Å². The molecule has 120 valence electrons. The number of hydrogen-bond donors (Lipinski definition) is 2. The molecule has 0 spiro atoms. The number of benzene rings is 2. The summed E-state index contributed by atoms with van der Waals surface area (Å²) in [6.07, 6.45) is 4.89. The number of nitrogens with zero attached hydrogens (tertiary/aromatic N) is 2. The SMILES string of the molecule is Cn1cc(CCC(=O)Nc2cccc3[nH]cnc23)c2ccccc21. The van der Waals surface area contributed by atoms with Crippen LogP contribution >= 0.6 is 0 Å². The Morgan fingerprint density at radius 3 is 3.00 bits per heavy atom. The molecule has 4 aromatic rings. The third-order valence-corrected chi connectivity index (χ3v) is 4.32. The lowest BCUT2D eigenvalue weighted by Crippen LogP contribution is -2.12. The summed E-state index contributed by atoms with van der Waals surface area (Å²) in [5.41, 5.74) is 4.84. The molecular weight excluding hydrogens is 300 g/mol. The Labute approximate surface area is 139 Å². The van der Waals surface area contributed by atoms with Crippen LogP contribution in [0.2, 0.25) is 0 Å². The lowest BCUT2D eigenvalue weighted by Gasteiger charge is -2.05. The number of rotatable bonds is 4. The number of anilines is 1. The predicted molar refractivity (Wildman–Crippen MR) is 96.0 cm³/mol. The van der Waals surface area contributed by atoms with Crippen molar-refractivity contribution in [1.29, 1.82) is 0 Å². The zero-order valence-corrected chi connectivity index (χ0v) is 13.4. The number of para-hydroxylation sites is 2. The van der Waals surface area contributed by atoms with Crippen molar-refractivity contribution in [2.75, 3.05) is 5.32 Å². The van der Waals surface area contributed by atoms with E-state index in [1.54, 1.807) is 6.33 Å². The van der Waals surface area contributed by atoms with Crippen LogP contribution < -0.4 is 5.32 Å². The molecule has 0 fully saturated rings. The molecule has 2 heterocycles. The molecule has 0 aliphatic carbocycles. The van der Waals surface area contributed by atoms with E-state index in [9.17, 15) is 4.79 Å². The maximum atomic E-state index is 12.3. The minimum atomic E-state index is -0.00145. The zero-order chi connectivity index (χ0) is 16.5. The van der Waals surface area contributed by atoms with Crippen LogP contribution in [0.5, 0.6) is 0 Å². The number of nitrogens with one attached hydrogen (secondary N) is 2. The highest BCUT2D eigenvalue weighted by molar-refractivity contribution is 5.99. The predicted octanol–water partition coefficient (Wildman–Crippen LogP) is 3.63. The summed E-state index contributed by atoms with van der Waals surface area (Å²) in [5, 5.41) is 4.18. The summed E-state index contributed by atoms with van der Waals surface area (Å²) in [5.74, 6) is -0.00145. The van der Waals surface area contributed by atoms with Crippen molar-refractivity contribution >= 4 is 33.5 Å². The fourth-order valence-electron chi connectivity index (χ4n) is 3.15. The van der Waals surface area contributed by atoms with E-state index in [1.807, 2.05) is 37.4 Å². The molecule has 0 saturated carbocycles. The van der Waals surface area contributed by atoms with Crippen LogP contribution in [0, 0.1) is 0 Å². The standard InChI is InChI=1S/C19H18N4O/c1-23-11-13(14-5-2-3-8-17(14)23)9-10-18(24)22-16-7-4-6-15-19(16)21-12-20-15/h2-8,11-12H,9-10H2,1H3,(H,20,21)(H,22,24). The first-order chi connectivity index (χ1) is 11.7. The van der Waals surface area contributed by atoms with Gasteiger partial charge in [-0.05, 0) is 30.2 Å². The average Bonchev–Trinajstić information content (AvgIpc) is 3.19. The Hall–Kier alpha value is -3.08. The minimum Gasteiger partial charge on any atom is -0.350 e. The monoisotopic (exact) mass is 318 g/mol. The Kier molecular flexibility index (Phi) is 3.54. The van der Waals surface area contributed by atoms with Crippen LogP contribution in [0.3, 0.4) is 0 Å². The van der Waals surface area contributed by atoms with E-state index in [-0.39, 0.29) is 5.91 Å². The smallest absolute Gasteiger partial charge is 0.224 e. The van der Waals surface area contributed by atoms with E-state index in [0.29, 0.717) is 12.8 Å². The third kappa shape index (κ3) is 2.54. The Bertz CT molecular complexity index is 1030. The van der Waals surface area contributed by atoms with Gasteiger partial charge in [-0.25, -0.2) is 4.98 Å². The van der Waals surface area contributed by atoms with Crippen LogP contribution in [0.1, 0.15) is 12.0 Å². The molecule has 0 bridgehead atoms. The molecule has 0 aliphatic heterocycles. The van der Waals surface area contributed by atoms with Gasteiger partial charge in [-0.2, -0.15) is 0 Å². The van der Waals surface area contributed by atoms with Gasteiger partial charge < -0.3 is 14.9 Å². The van der Waals surface area contributed by atoms with Crippen LogP contribution in [0.4, 0.5) is 5.69 Å². The lowest BCUT2D eigenvalue weighted by atomic mass is 10.1. The van der Waals surface area contributed by atoms with Gasteiger partial charge in [-0.1, -0.05) is 24.3 Å². The largest absolute Gasteiger partial charge is 0.350 e. The van der Waals surface area contributed by atoms with E-state index in [2.05, 4.69) is 38.2 Å². The van der Waals surface area contributed by atoms with Crippen molar-refractivity contribution < 1.29 is 4.79 Å². The van der Waals surface area contributed by atoms with Crippen molar-refractivity contribution in [3.05, 3.63) is 60.6 Å². The van der Waals surface area contributed by atoms with Gasteiger partial charge >= 0.3 is 0 Å². The molecule has 0 radical (unpaired) electrons. The van der Waals surface area contributed by atoms with Gasteiger partial charge in [-0.3, -0.25) is 4.79 Å². The molecule has 5 nitrogen and oxygen atoms in total. The minimum absolute atomic E-state index is 0.00145. The first kappa shape index (κ1) is 14.5. The lowest BCUT2D eigenvalue weighted by molar-refractivity contribution is -0.116. The normalized spacial score (nSPS) is 11.2. The molecule has 0 atom stereocenters. The van der Waals surface area contributed by atoms with Gasteiger partial charge in [0, 0.05) is 30.6 Å². The summed E-state index contributed by atoms with van der Waals surface area (Å²) in [4.78, 5) is 19.6. The molecule has 5 heteroatoms. The van der Waals surface area contributed by atoms with Crippen molar-refractivity contribution in [1.82, 2.24) is 14.5 Å². The number of carbonyl (C=O) groups excluding carboxylic acids is 1. The van der Waals surface area contributed by atoms with Gasteiger partial charge in [0.2, 0.25) is 5.91 Å². The number of amides is 1. The molecule has 0 unspecified atom stereocenters. The molecule has 0 aliphatic rings. The quantitative estimate of drug-likeness (QED) is 0.603. The fraction of sp³-hybridized carbons (Fsp3) is 0.158. The molecule has 2 N–H and O–H groups in total. The first-order valence-electron chi connectivity index (χ1n) is 7.97. The molecule has 4 rings (SSSR count). The van der Waals surface area contributed by atoms with Crippen LogP contribution in [0.25, 0.3) is 21.9 Å².